The highest BCUT2D eigenvalue weighted by Gasteiger charge is 2.17. The summed E-state index contributed by atoms with van der Waals surface area (Å²) in [6.07, 6.45) is 2.39. The Morgan fingerprint density at radius 3 is 2.61 bits per heavy atom. The van der Waals surface area contributed by atoms with Gasteiger partial charge in [-0.15, -0.1) is 0 Å². The van der Waals surface area contributed by atoms with Gasteiger partial charge in [0.2, 0.25) is 0 Å². The molecule has 168 valence electrons. The van der Waals surface area contributed by atoms with Gasteiger partial charge < -0.3 is 20.4 Å². The fourth-order valence-corrected chi connectivity index (χ4v) is 3.51. The predicted octanol–water partition coefficient (Wildman–Crippen LogP) is 2.97. The second-order valence-corrected chi connectivity index (χ2v) is 9.56. The summed E-state index contributed by atoms with van der Waals surface area (Å²) < 4.78 is 0. The maximum absolute atomic E-state index is 12.8. The smallest absolute Gasteiger partial charge is 0.256 e. The van der Waals surface area contributed by atoms with Crippen molar-refractivity contribution in [2.75, 3.05) is 56.5 Å². The van der Waals surface area contributed by atoms with Crippen LogP contribution in [0.25, 0.3) is 0 Å². The van der Waals surface area contributed by atoms with E-state index in [-0.39, 0.29) is 11.3 Å². The van der Waals surface area contributed by atoms with Crippen molar-refractivity contribution in [3.63, 3.8) is 0 Å². The van der Waals surface area contributed by atoms with Crippen molar-refractivity contribution in [2.24, 2.45) is 5.41 Å². The molecule has 2 aromatic rings. The zero-order chi connectivity index (χ0) is 22.4. The van der Waals surface area contributed by atoms with Gasteiger partial charge in [-0.25, -0.2) is 9.97 Å². The van der Waals surface area contributed by atoms with E-state index < -0.39 is 0 Å². The minimum atomic E-state index is -0.147. The molecule has 1 aliphatic heterocycles. The lowest BCUT2D eigenvalue weighted by molar-refractivity contribution is 0.0954. The maximum atomic E-state index is 12.8. The number of hydrogen-bond donors (Lipinski definition) is 2. The minimum Gasteiger partial charge on any atom is -0.369 e. The van der Waals surface area contributed by atoms with Crippen LogP contribution in [-0.4, -0.2) is 67.1 Å². The normalized spacial score (nSPS) is 15.1. The van der Waals surface area contributed by atoms with Crippen LogP contribution in [0.3, 0.4) is 0 Å². The van der Waals surface area contributed by atoms with E-state index in [1.165, 1.54) is 11.3 Å². The van der Waals surface area contributed by atoms with Gasteiger partial charge in [0.1, 0.15) is 17.2 Å². The number of carbonyl (C=O) groups excluding carboxylic acids is 1. The lowest BCUT2D eigenvalue weighted by atomic mass is 9.97. The molecule has 0 radical (unpaired) electrons. The highest BCUT2D eigenvalue weighted by atomic mass is 16.1. The molecule has 7 nitrogen and oxygen atoms in total. The Kier molecular flexibility index (Phi) is 7.49. The Balaban J connectivity index is 1.57. The summed E-state index contributed by atoms with van der Waals surface area (Å²) in [5.74, 6) is 1.09. The van der Waals surface area contributed by atoms with Crippen LogP contribution in [0.2, 0.25) is 0 Å². The number of amides is 1. The van der Waals surface area contributed by atoms with Crippen molar-refractivity contribution in [3.8, 4) is 0 Å². The first-order valence-corrected chi connectivity index (χ1v) is 11.1. The number of nitrogens with zero attached hydrogens (tertiary/aromatic N) is 4. The SMILES string of the molecule is Cc1ncc(C(=O)NCCc2cccc(N3CCN([11CH3])CC3)c2)c(NCC(C)(C)C)n1. The maximum Gasteiger partial charge on any atom is 0.256 e. The summed E-state index contributed by atoms with van der Waals surface area (Å²) in [5, 5.41) is 6.34. The Labute approximate surface area is 186 Å². The van der Waals surface area contributed by atoms with Gasteiger partial charge in [-0.2, -0.15) is 0 Å². The van der Waals surface area contributed by atoms with Crippen LogP contribution < -0.4 is 15.5 Å². The first-order valence-electron chi connectivity index (χ1n) is 11.1. The first-order chi connectivity index (χ1) is 14.7. The third kappa shape index (κ3) is 6.92. The molecule has 0 atom stereocenters. The molecule has 2 heterocycles. The Morgan fingerprint density at radius 1 is 1.16 bits per heavy atom. The van der Waals surface area contributed by atoms with Crippen molar-refractivity contribution < 1.29 is 4.79 Å². The van der Waals surface area contributed by atoms with Crippen molar-refractivity contribution in [1.29, 1.82) is 0 Å². The fraction of sp³-hybridized carbons (Fsp3) is 0.542. The van der Waals surface area contributed by atoms with Crippen LogP contribution in [0.5, 0.6) is 0 Å². The van der Waals surface area contributed by atoms with Crippen LogP contribution in [0.1, 0.15) is 42.5 Å². The summed E-state index contributed by atoms with van der Waals surface area (Å²) in [4.78, 5) is 26.2. The molecule has 3 rings (SSSR count). The van der Waals surface area contributed by atoms with Crippen LogP contribution in [0.15, 0.2) is 30.5 Å². The predicted molar refractivity (Wildman–Crippen MR) is 127 cm³/mol. The second kappa shape index (κ2) is 10.1. The summed E-state index contributed by atoms with van der Waals surface area (Å²) in [6, 6.07) is 8.64. The Hall–Kier alpha value is -2.67. The van der Waals surface area contributed by atoms with Crippen molar-refractivity contribution >= 4 is 17.4 Å². The molecule has 0 bridgehead atoms. The number of carbonyl (C=O) groups is 1. The van der Waals surface area contributed by atoms with Gasteiger partial charge in [0, 0.05) is 51.2 Å². The number of nitrogens with one attached hydrogen (secondary N) is 2. The van der Waals surface area contributed by atoms with Gasteiger partial charge in [0.05, 0.1) is 0 Å². The van der Waals surface area contributed by atoms with E-state index in [1.54, 1.807) is 6.20 Å². The zero-order valence-corrected chi connectivity index (χ0v) is 19.5. The highest BCUT2D eigenvalue weighted by molar-refractivity contribution is 5.98. The minimum absolute atomic E-state index is 0.0847. The molecule has 7 heteroatoms. The summed E-state index contributed by atoms with van der Waals surface area (Å²) in [5.41, 5.74) is 3.06. The Morgan fingerprint density at radius 2 is 1.90 bits per heavy atom. The molecule has 1 amide bonds. The van der Waals surface area contributed by atoms with E-state index in [0.29, 0.717) is 23.8 Å². The van der Waals surface area contributed by atoms with Crippen molar-refractivity contribution in [2.45, 2.75) is 34.1 Å². The van der Waals surface area contributed by atoms with Gasteiger partial charge in [0.15, 0.2) is 0 Å². The molecule has 31 heavy (non-hydrogen) atoms. The summed E-state index contributed by atoms with van der Waals surface area (Å²) in [6.45, 7) is 13.8. The third-order valence-corrected chi connectivity index (χ3v) is 5.42. The van der Waals surface area contributed by atoms with Gasteiger partial charge in [-0.3, -0.25) is 4.79 Å². The quantitative estimate of drug-likeness (QED) is 0.713. The van der Waals surface area contributed by atoms with E-state index >= 15 is 0 Å². The van der Waals surface area contributed by atoms with Gasteiger partial charge >= 0.3 is 0 Å². The van der Waals surface area contributed by atoms with E-state index in [0.717, 1.165) is 39.1 Å². The van der Waals surface area contributed by atoms with Crippen LogP contribution in [0, 0.1) is 12.3 Å². The van der Waals surface area contributed by atoms with E-state index in [2.05, 4.69) is 82.5 Å². The number of hydrogen-bond acceptors (Lipinski definition) is 6. The average Bonchev–Trinajstić information content (AvgIpc) is 2.72. The van der Waals surface area contributed by atoms with E-state index in [1.807, 2.05) is 6.92 Å². The summed E-state index contributed by atoms with van der Waals surface area (Å²) >= 11 is 0. The number of aromatic nitrogens is 2. The number of aryl methyl sites for hydroxylation is 1. The topological polar surface area (TPSA) is 73.4 Å². The number of piperazine rings is 1. The number of anilines is 2. The van der Waals surface area contributed by atoms with Gasteiger partial charge in [0.25, 0.3) is 5.91 Å². The largest absolute Gasteiger partial charge is 0.369 e. The third-order valence-electron chi connectivity index (χ3n) is 5.42. The molecule has 1 fully saturated rings. The molecule has 2 N–H and O–H groups in total. The second-order valence-electron chi connectivity index (χ2n) is 9.56. The number of benzene rings is 1. The zero-order valence-electron chi connectivity index (χ0n) is 19.5. The van der Waals surface area contributed by atoms with E-state index in [4.69, 9.17) is 0 Å². The monoisotopic (exact) mass is 423 g/mol. The molecule has 1 saturated heterocycles. The molecular weight excluding hydrogens is 387 g/mol. The molecular formula is C24H36N6O. The van der Waals surface area contributed by atoms with Gasteiger partial charge in [-0.1, -0.05) is 32.9 Å². The molecule has 1 aliphatic rings. The van der Waals surface area contributed by atoms with Crippen LogP contribution in [0.4, 0.5) is 11.5 Å². The van der Waals surface area contributed by atoms with Crippen LogP contribution in [-0.2, 0) is 6.42 Å². The molecule has 0 spiro atoms. The van der Waals surface area contributed by atoms with Crippen molar-refractivity contribution in [3.05, 3.63) is 47.4 Å². The molecule has 0 aliphatic carbocycles. The Bertz CT molecular complexity index is 884. The summed E-state index contributed by atoms with van der Waals surface area (Å²) in [7, 11) is 2.17. The van der Waals surface area contributed by atoms with Gasteiger partial charge in [-0.05, 0) is 43.5 Å². The number of likely N-dealkylation sites (N-methyl/N-ethyl adjacent to an activating group) is 1. The first kappa shape index (κ1) is 23.0. The lowest BCUT2D eigenvalue weighted by Gasteiger charge is -2.34. The molecule has 0 unspecified atom stereocenters. The fourth-order valence-electron chi connectivity index (χ4n) is 3.51. The highest BCUT2D eigenvalue weighted by Crippen LogP contribution is 2.19. The van der Waals surface area contributed by atoms with E-state index in [9.17, 15) is 4.79 Å². The molecule has 1 aromatic heterocycles. The van der Waals surface area contributed by atoms with Crippen LogP contribution >= 0.6 is 0 Å². The van der Waals surface area contributed by atoms with Crippen molar-refractivity contribution in [1.82, 2.24) is 20.2 Å². The lowest BCUT2D eigenvalue weighted by Crippen LogP contribution is -2.44. The number of rotatable bonds is 7. The average molecular weight is 424 g/mol. The standard InChI is InChI=1S/C24H36N6O/c1-18-26-16-21(22(28-18)27-17-24(2,3)4)23(31)25-10-9-19-7-6-8-20(15-19)30-13-11-29(5)12-14-30/h6-8,15-16H,9-14,17H2,1-5H3,(H,25,31)(H,26,27,28)/i5-1. The molecule has 0 saturated carbocycles. The molecule has 1 aromatic carbocycles.